The van der Waals surface area contributed by atoms with Crippen molar-refractivity contribution in [3.63, 3.8) is 0 Å². The smallest absolute Gasteiger partial charge is 0.416 e. The lowest BCUT2D eigenvalue weighted by molar-refractivity contribution is -0.149. The number of carboxylic acids is 1. The number of ether oxygens (including phenoxy) is 1. The number of aromatic nitrogens is 1. The molecular weight excluding hydrogens is 575 g/mol. The molecule has 2 aromatic carbocycles. The lowest BCUT2D eigenvalue weighted by atomic mass is 9.83. The zero-order valence-electron chi connectivity index (χ0n) is 20.1. The van der Waals surface area contributed by atoms with E-state index < -0.39 is 65.7 Å². The fourth-order valence-corrected chi connectivity index (χ4v) is 7.18. The van der Waals surface area contributed by atoms with Gasteiger partial charge in [-0.1, -0.05) is 41.3 Å². The fraction of sp³-hybridized carbons (Fsp3) is 0.240. The summed E-state index contributed by atoms with van der Waals surface area (Å²) in [5.74, 6) is -4.96. The summed E-state index contributed by atoms with van der Waals surface area (Å²) in [4.78, 5) is 65.5. The first-order chi connectivity index (χ1) is 18.9. The van der Waals surface area contributed by atoms with Crippen LogP contribution in [0.25, 0.3) is 0 Å². The van der Waals surface area contributed by atoms with Crippen LogP contribution in [0.5, 0.6) is 5.75 Å². The number of nitrogens with zero attached hydrogens (tertiary/aromatic N) is 1. The maximum absolute atomic E-state index is 13.2. The van der Waals surface area contributed by atoms with Crippen LogP contribution in [0.1, 0.15) is 21.9 Å². The van der Waals surface area contributed by atoms with Gasteiger partial charge in [0.25, 0.3) is 5.91 Å². The molecule has 0 radical (unpaired) electrons. The number of imide groups is 1. The Kier molecular flexibility index (Phi) is 7.18. The molecule has 3 N–H and O–H groups in total. The van der Waals surface area contributed by atoms with Crippen LogP contribution in [0, 0.1) is 5.92 Å². The van der Waals surface area contributed by atoms with Gasteiger partial charge in [0.2, 0.25) is 11.8 Å². The van der Waals surface area contributed by atoms with E-state index in [4.69, 9.17) is 4.74 Å². The topological polar surface area (TPSA) is 146 Å². The number of carbonyl (C=O) groups excluding carboxylic acids is 3. The van der Waals surface area contributed by atoms with Gasteiger partial charge in [-0.3, -0.25) is 28.9 Å². The van der Waals surface area contributed by atoms with E-state index in [1.54, 1.807) is 12.1 Å². The number of halogens is 3. The minimum atomic E-state index is -4.57. The number of aliphatic carboxylic acids is 1. The molecular formula is C25H18F3N3O7S2. The number of carbonyl (C=O) groups is 4. The zero-order valence-corrected chi connectivity index (χ0v) is 21.7. The Hall–Kier alpha value is -4.11. The van der Waals surface area contributed by atoms with Crippen LogP contribution in [-0.2, 0) is 25.4 Å². The second-order valence-electron chi connectivity index (χ2n) is 8.89. The molecule has 2 unspecified atom stereocenters. The van der Waals surface area contributed by atoms with Gasteiger partial charge in [0.05, 0.1) is 16.5 Å². The largest absolute Gasteiger partial charge is 0.484 e. The van der Waals surface area contributed by atoms with Gasteiger partial charge in [0.15, 0.2) is 6.61 Å². The number of hydrogen-bond donors (Lipinski definition) is 3. The lowest BCUT2D eigenvalue weighted by Gasteiger charge is -2.30. The van der Waals surface area contributed by atoms with Gasteiger partial charge < -0.3 is 20.1 Å². The number of carboxylic acid groups (broad SMARTS) is 1. The van der Waals surface area contributed by atoms with Crippen LogP contribution < -0.4 is 14.9 Å². The molecule has 40 heavy (non-hydrogen) atoms. The van der Waals surface area contributed by atoms with Crippen LogP contribution in [0.2, 0.25) is 0 Å². The number of nitrogens with one attached hydrogen (secondary N) is 2. The van der Waals surface area contributed by atoms with E-state index in [0.29, 0.717) is 20.4 Å². The molecule has 1 aromatic heterocycles. The normalized spacial score (nSPS) is 20.2. The number of thioether (sulfide) groups is 1. The Balaban J connectivity index is 1.37. The number of H-pyrrole nitrogens is 1. The summed E-state index contributed by atoms with van der Waals surface area (Å²) in [5.41, 5.74) is -0.495. The lowest BCUT2D eigenvalue weighted by Crippen LogP contribution is -2.36. The van der Waals surface area contributed by atoms with E-state index in [1.165, 1.54) is 18.2 Å². The van der Waals surface area contributed by atoms with E-state index in [1.807, 2.05) is 0 Å². The third kappa shape index (κ3) is 5.34. The highest BCUT2D eigenvalue weighted by atomic mass is 32.2. The average molecular weight is 594 g/mol. The highest BCUT2D eigenvalue weighted by molar-refractivity contribution is 8.00. The number of thiazole rings is 1. The number of benzene rings is 2. The quantitative estimate of drug-likeness (QED) is 0.354. The van der Waals surface area contributed by atoms with Gasteiger partial charge in [-0.05, 0) is 35.9 Å². The maximum Gasteiger partial charge on any atom is 0.416 e. The Morgan fingerprint density at radius 1 is 1.07 bits per heavy atom. The van der Waals surface area contributed by atoms with Gasteiger partial charge >= 0.3 is 17.0 Å². The number of amides is 3. The molecule has 5 rings (SSSR count). The van der Waals surface area contributed by atoms with E-state index in [2.05, 4.69) is 10.3 Å². The maximum atomic E-state index is 13.2. The molecule has 15 heteroatoms. The molecule has 3 atom stereocenters. The molecule has 0 aliphatic carbocycles. The van der Waals surface area contributed by atoms with E-state index in [0.717, 1.165) is 41.3 Å². The van der Waals surface area contributed by atoms with Crippen LogP contribution in [-0.4, -0.2) is 57.1 Å². The Labute approximate surface area is 231 Å². The van der Waals surface area contributed by atoms with E-state index in [9.17, 15) is 42.3 Å². The number of aromatic amines is 1. The number of hydrogen-bond acceptors (Lipinski definition) is 8. The molecule has 3 amide bonds. The van der Waals surface area contributed by atoms with Crippen molar-refractivity contribution in [2.24, 2.45) is 5.92 Å². The summed E-state index contributed by atoms with van der Waals surface area (Å²) in [6, 6.07) is 10.4. The first-order valence-electron chi connectivity index (χ1n) is 11.6. The molecule has 0 spiro atoms. The van der Waals surface area contributed by atoms with Crippen LogP contribution in [0.3, 0.4) is 0 Å². The minimum Gasteiger partial charge on any atom is -0.484 e. The first kappa shape index (κ1) is 27.5. The van der Waals surface area contributed by atoms with Gasteiger partial charge in [-0.15, -0.1) is 0 Å². The van der Waals surface area contributed by atoms with Gasteiger partial charge in [-0.2, -0.15) is 13.2 Å². The highest BCUT2D eigenvalue weighted by Gasteiger charge is 2.56. The average Bonchev–Trinajstić information content (AvgIpc) is 3.37. The fourth-order valence-electron chi connectivity index (χ4n) is 4.64. The SMILES string of the molecule is O=C(O)CN1C(=O)C2Sc3[nH]c(=O)sc3[C@H](c3cccc(OCC(=O)Nc4cccc(C(F)(F)F)c4)c3)C2C1=O. The second-order valence-corrected chi connectivity index (χ2v) is 11.1. The molecule has 3 aromatic rings. The summed E-state index contributed by atoms with van der Waals surface area (Å²) in [6.07, 6.45) is -4.57. The molecule has 208 valence electrons. The molecule has 2 aliphatic rings. The summed E-state index contributed by atoms with van der Waals surface area (Å²) in [7, 11) is 0. The number of alkyl halides is 3. The third-order valence-corrected chi connectivity index (χ3v) is 8.67. The van der Waals surface area contributed by atoms with E-state index in [-0.39, 0.29) is 16.3 Å². The summed E-state index contributed by atoms with van der Waals surface area (Å²) in [5, 5.41) is 11.0. The predicted octanol–water partition coefficient (Wildman–Crippen LogP) is 3.15. The third-order valence-electron chi connectivity index (χ3n) is 6.27. The van der Waals surface area contributed by atoms with Crippen molar-refractivity contribution in [2.75, 3.05) is 18.5 Å². The Morgan fingerprint density at radius 3 is 2.55 bits per heavy atom. The molecule has 0 saturated carbocycles. The summed E-state index contributed by atoms with van der Waals surface area (Å²) in [6.45, 7) is -1.33. The van der Waals surface area contributed by atoms with Crippen molar-refractivity contribution in [2.45, 2.75) is 22.4 Å². The van der Waals surface area contributed by atoms with Crippen molar-refractivity contribution in [3.8, 4) is 5.75 Å². The standard InChI is InChI=1S/C25H18F3N3O7S2/c26-25(27,28)12-4-2-5-13(8-12)29-15(32)10-38-14-6-1-3-11(7-14)17-18-20(39-21-19(17)40-24(37)30-21)23(36)31(22(18)35)9-16(33)34/h1-8,17-18,20H,9-10H2,(H,29,32)(H,30,37)(H,33,34)/t17-,18?,20?/m1/s1. The van der Waals surface area contributed by atoms with Crippen LogP contribution in [0.4, 0.5) is 18.9 Å². The Bertz CT molecular complexity index is 1590. The van der Waals surface area contributed by atoms with Crippen LogP contribution >= 0.6 is 23.1 Å². The van der Waals surface area contributed by atoms with Crippen LogP contribution in [0.15, 0.2) is 58.4 Å². The molecule has 2 aliphatic heterocycles. The van der Waals surface area contributed by atoms with Crippen molar-refractivity contribution in [1.82, 2.24) is 9.88 Å². The number of fused-ring (bicyclic) bond motifs is 2. The molecule has 10 nitrogen and oxygen atoms in total. The van der Waals surface area contributed by atoms with Crippen molar-refractivity contribution < 1.29 is 42.2 Å². The first-order valence-corrected chi connectivity index (χ1v) is 13.3. The van der Waals surface area contributed by atoms with Gasteiger partial charge in [0.1, 0.15) is 17.5 Å². The summed E-state index contributed by atoms with van der Waals surface area (Å²) >= 11 is 1.88. The van der Waals surface area contributed by atoms with Gasteiger partial charge in [-0.25, -0.2) is 0 Å². The molecule has 1 saturated heterocycles. The second kappa shape index (κ2) is 10.5. The van der Waals surface area contributed by atoms with Crippen molar-refractivity contribution >= 4 is 52.5 Å². The molecule has 3 heterocycles. The predicted molar refractivity (Wildman–Crippen MR) is 136 cm³/mol. The Morgan fingerprint density at radius 2 is 1.82 bits per heavy atom. The van der Waals surface area contributed by atoms with E-state index >= 15 is 0 Å². The number of anilines is 1. The summed E-state index contributed by atoms with van der Waals surface area (Å²) < 4.78 is 44.4. The monoisotopic (exact) mass is 593 g/mol. The molecule has 0 bridgehead atoms. The van der Waals surface area contributed by atoms with Crippen molar-refractivity contribution in [3.05, 3.63) is 74.2 Å². The van der Waals surface area contributed by atoms with Crippen molar-refractivity contribution in [1.29, 1.82) is 0 Å². The number of rotatable bonds is 7. The zero-order chi connectivity index (χ0) is 28.8. The number of likely N-dealkylation sites (tertiary alicyclic amines) is 1. The molecule has 1 fully saturated rings. The van der Waals surface area contributed by atoms with Gasteiger partial charge in [0, 0.05) is 16.5 Å². The minimum absolute atomic E-state index is 0.0619. The highest BCUT2D eigenvalue weighted by Crippen LogP contribution is 2.52.